The van der Waals surface area contributed by atoms with Crippen molar-refractivity contribution in [2.45, 2.75) is 31.5 Å². The molecule has 0 aromatic rings. The van der Waals surface area contributed by atoms with Gasteiger partial charge in [0.15, 0.2) is 0 Å². The second kappa shape index (κ2) is 3.69. The summed E-state index contributed by atoms with van der Waals surface area (Å²) in [5.41, 5.74) is 1.09. The molecule has 0 bridgehead atoms. The molecule has 2 heteroatoms. The third kappa shape index (κ3) is 2.48. The molecule has 0 aromatic heterocycles. The van der Waals surface area contributed by atoms with Crippen molar-refractivity contribution in [1.29, 1.82) is 0 Å². The van der Waals surface area contributed by atoms with Gasteiger partial charge in [0.25, 0.3) is 0 Å². The van der Waals surface area contributed by atoms with Crippen LogP contribution in [0, 0.1) is 0 Å². The second-order valence-corrected chi connectivity index (χ2v) is 3.01. The van der Waals surface area contributed by atoms with E-state index in [1.807, 2.05) is 6.08 Å². The topological polar surface area (TPSA) is 40.5 Å². The van der Waals surface area contributed by atoms with Gasteiger partial charge in [-0.2, -0.15) is 0 Å². The molecule has 11 heavy (non-hydrogen) atoms. The number of hydrogen-bond acceptors (Lipinski definition) is 2. The average Bonchev–Trinajstić information content (AvgIpc) is 1.85. The molecule has 62 valence electrons. The monoisotopic (exact) mass is 154 g/mol. The van der Waals surface area contributed by atoms with Gasteiger partial charge >= 0.3 is 0 Å². The summed E-state index contributed by atoms with van der Waals surface area (Å²) in [5, 5.41) is 18.5. The van der Waals surface area contributed by atoms with Crippen LogP contribution in [-0.2, 0) is 0 Å². The molecular formula is C9H14O2. The number of hydrogen-bond donors (Lipinski definition) is 2. The van der Waals surface area contributed by atoms with Gasteiger partial charge in [-0.25, -0.2) is 0 Å². The Morgan fingerprint density at radius 2 is 1.82 bits per heavy atom. The highest BCUT2D eigenvalue weighted by Crippen LogP contribution is 2.23. The molecule has 1 aliphatic carbocycles. The lowest BCUT2D eigenvalue weighted by molar-refractivity contribution is 0.0610. The highest BCUT2D eigenvalue weighted by atomic mass is 16.3. The fourth-order valence-electron chi connectivity index (χ4n) is 1.47. The fourth-order valence-corrected chi connectivity index (χ4v) is 1.47. The van der Waals surface area contributed by atoms with Gasteiger partial charge in [-0.15, -0.1) is 0 Å². The molecule has 2 N–H and O–H groups in total. The fraction of sp³-hybridized carbons (Fsp3) is 0.556. The van der Waals surface area contributed by atoms with E-state index in [0.717, 1.165) is 5.57 Å². The Morgan fingerprint density at radius 1 is 1.27 bits per heavy atom. The molecule has 0 amide bonds. The molecule has 1 aliphatic rings. The zero-order chi connectivity index (χ0) is 8.27. The molecule has 1 saturated carbocycles. The molecule has 0 saturated heterocycles. The third-order valence-electron chi connectivity index (χ3n) is 1.89. The summed E-state index contributed by atoms with van der Waals surface area (Å²) in [6, 6.07) is 0. The first-order valence-corrected chi connectivity index (χ1v) is 3.89. The minimum absolute atomic E-state index is 0.370. The lowest BCUT2D eigenvalue weighted by Gasteiger charge is -2.24. The molecule has 0 aromatic carbocycles. The maximum atomic E-state index is 9.24. The maximum absolute atomic E-state index is 9.24. The van der Waals surface area contributed by atoms with E-state index in [2.05, 4.69) is 6.58 Å². The highest BCUT2D eigenvalue weighted by Gasteiger charge is 2.20. The van der Waals surface area contributed by atoms with Crippen LogP contribution >= 0.6 is 0 Å². The maximum Gasteiger partial charge on any atom is 0.0602 e. The van der Waals surface area contributed by atoms with Gasteiger partial charge in [-0.3, -0.25) is 0 Å². The summed E-state index contributed by atoms with van der Waals surface area (Å²) in [7, 11) is 0. The molecule has 2 nitrogen and oxygen atoms in total. The van der Waals surface area contributed by atoms with Crippen LogP contribution in [0.25, 0.3) is 0 Å². The first kappa shape index (κ1) is 8.50. The standard InChI is InChI=1S/C9H14O2/c1-2-3-7-4-8(10)6-9(11)5-7/h2-3,8-11H,1,4-6H2. The van der Waals surface area contributed by atoms with Crippen molar-refractivity contribution in [3.63, 3.8) is 0 Å². The second-order valence-electron chi connectivity index (χ2n) is 3.01. The van der Waals surface area contributed by atoms with Crippen LogP contribution in [0.2, 0.25) is 0 Å². The van der Waals surface area contributed by atoms with E-state index in [0.29, 0.717) is 19.3 Å². The Labute approximate surface area is 66.9 Å². The van der Waals surface area contributed by atoms with Crippen LogP contribution in [0.15, 0.2) is 24.3 Å². The van der Waals surface area contributed by atoms with Crippen LogP contribution in [0.1, 0.15) is 19.3 Å². The molecule has 0 heterocycles. The molecule has 0 radical (unpaired) electrons. The molecule has 1 fully saturated rings. The van der Waals surface area contributed by atoms with Crippen molar-refractivity contribution in [2.24, 2.45) is 0 Å². The number of allylic oxidation sites excluding steroid dienone is 2. The largest absolute Gasteiger partial charge is 0.393 e. The minimum atomic E-state index is -0.370. The Hall–Kier alpha value is -0.600. The summed E-state index contributed by atoms with van der Waals surface area (Å²) >= 11 is 0. The molecule has 2 atom stereocenters. The molecular weight excluding hydrogens is 140 g/mol. The summed E-state index contributed by atoms with van der Waals surface area (Å²) in [6.45, 7) is 3.57. The first-order chi connectivity index (χ1) is 5.22. The van der Waals surface area contributed by atoms with Crippen molar-refractivity contribution in [2.75, 3.05) is 0 Å². The molecule has 2 unspecified atom stereocenters. The van der Waals surface area contributed by atoms with Gasteiger partial charge in [-0.05, 0) is 19.3 Å². The Kier molecular flexibility index (Phi) is 2.85. The van der Waals surface area contributed by atoms with E-state index in [-0.39, 0.29) is 12.2 Å². The van der Waals surface area contributed by atoms with Crippen molar-refractivity contribution >= 4 is 0 Å². The average molecular weight is 154 g/mol. The van der Waals surface area contributed by atoms with Crippen molar-refractivity contribution in [3.05, 3.63) is 24.3 Å². The molecule has 0 aliphatic heterocycles. The van der Waals surface area contributed by atoms with Crippen molar-refractivity contribution in [1.82, 2.24) is 0 Å². The van der Waals surface area contributed by atoms with Gasteiger partial charge in [-0.1, -0.05) is 24.3 Å². The van der Waals surface area contributed by atoms with E-state index in [9.17, 15) is 10.2 Å². The Balaban J connectivity index is 2.56. The van der Waals surface area contributed by atoms with Crippen LogP contribution in [0.3, 0.4) is 0 Å². The minimum Gasteiger partial charge on any atom is -0.393 e. The number of rotatable bonds is 1. The molecule has 1 rings (SSSR count). The summed E-state index contributed by atoms with van der Waals surface area (Å²) in [6.07, 6.45) is 4.70. The van der Waals surface area contributed by atoms with Gasteiger partial charge < -0.3 is 10.2 Å². The van der Waals surface area contributed by atoms with Crippen LogP contribution in [-0.4, -0.2) is 22.4 Å². The predicted molar refractivity (Wildman–Crippen MR) is 44.1 cm³/mol. The van der Waals surface area contributed by atoms with Gasteiger partial charge in [0.2, 0.25) is 0 Å². The van der Waals surface area contributed by atoms with Gasteiger partial charge in [0, 0.05) is 0 Å². The lowest BCUT2D eigenvalue weighted by atomic mass is 9.90. The number of aliphatic hydroxyl groups is 2. The van der Waals surface area contributed by atoms with Gasteiger partial charge in [0.1, 0.15) is 0 Å². The molecule has 0 spiro atoms. The zero-order valence-corrected chi connectivity index (χ0v) is 6.53. The quantitative estimate of drug-likeness (QED) is 0.591. The Bertz CT molecular complexity index is 160. The van der Waals surface area contributed by atoms with E-state index in [4.69, 9.17) is 0 Å². The third-order valence-corrected chi connectivity index (χ3v) is 1.89. The summed E-state index contributed by atoms with van der Waals surface area (Å²) in [5.74, 6) is 0. The highest BCUT2D eigenvalue weighted by molar-refractivity contribution is 5.14. The zero-order valence-electron chi connectivity index (χ0n) is 6.53. The summed E-state index contributed by atoms with van der Waals surface area (Å²) < 4.78 is 0. The van der Waals surface area contributed by atoms with Crippen molar-refractivity contribution in [3.8, 4) is 0 Å². The SMILES string of the molecule is C=CC=C1CC(O)CC(O)C1. The Morgan fingerprint density at radius 3 is 2.27 bits per heavy atom. The number of aliphatic hydroxyl groups excluding tert-OH is 2. The van der Waals surface area contributed by atoms with E-state index in [1.165, 1.54) is 0 Å². The van der Waals surface area contributed by atoms with Gasteiger partial charge in [0.05, 0.1) is 12.2 Å². The first-order valence-electron chi connectivity index (χ1n) is 3.89. The van der Waals surface area contributed by atoms with Crippen LogP contribution in [0.5, 0.6) is 0 Å². The van der Waals surface area contributed by atoms with E-state index in [1.54, 1.807) is 6.08 Å². The van der Waals surface area contributed by atoms with Crippen LogP contribution in [0.4, 0.5) is 0 Å². The van der Waals surface area contributed by atoms with Crippen LogP contribution < -0.4 is 0 Å². The van der Waals surface area contributed by atoms with E-state index >= 15 is 0 Å². The smallest absolute Gasteiger partial charge is 0.0602 e. The van der Waals surface area contributed by atoms with Crippen molar-refractivity contribution < 1.29 is 10.2 Å². The lowest BCUT2D eigenvalue weighted by Crippen LogP contribution is -2.24. The summed E-state index contributed by atoms with van der Waals surface area (Å²) in [4.78, 5) is 0. The predicted octanol–water partition coefficient (Wildman–Crippen LogP) is 1.00. The normalized spacial score (nSPS) is 31.6. The van der Waals surface area contributed by atoms with E-state index < -0.39 is 0 Å².